The Balaban J connectivity index is 1.89. The molecule has 0 unspecified atom stereocenters. The second kappa shape index (κ2) is 4.39. The van der Waals surface area contributed by atoms with Crippen LogP contribution in [0.3, 0.4) is 0 Å². The van der Waals surface area contributed by atoms with Gasteiger partial charge in [0.05, 0.1) is 0 Å². The number of carbonyl (C=O) groups is 1. The molecule has 1 amide bonds. The van der Waals surface area contributed by atoms with Crippen LogP contribution in [-0.2, 0) is 11.3 Å². The van der Waals surface area contributed by atoms with Gasteiger partial charge >= 0.3 is 0 Å². The van der Waals surface area contributed by atoms with E-state index in [-0.39, 0.29) is 12.5 Å². The molecular formula is C12H20N4O. The van der Waals surface area contributed by atoms with Gasteiger partial charge in [0.15, 0.2) is 0 Å². The van der Waals surface area contributed by atoms with Gasteiger partial charge in [-0.2, -0.15) is 5.10 Å². The van der Waals surface area contributed by atoms with E-state index in [0.717, 1.165) is 25.9 Å². The topological polar surface area (TPSA) is 64.2 Å². The molecule has 5 nitrogen and oxygen atoms in total. The minimum atomic E-state index is 0.128. The molecule has 0 atom stereocenters. The molecule has 1 saturated heterocycles. The van der Waals surface area contributed by atoms with Crippen LogP contribution in [0, 0.1) is 5.41 Å². The number of nitrogens with zero attached hydrogens (tertiary/aromatic N) is 3. The number of hydrogen-bond acceptors (Lipinski definition) is 3. The molecule has 0 spiro atoms. The number of likely N-dealkylation sites (tertiary alicyclic amines) is 1. The third kappa shape index (κ3) is 2.99. The van der Waals surface area contributed by atoms with Gasteiger partial charge in [0.1, 0.15) is 12.4 Å². The Morgan fingerprint density at radius 3 is 2.65 bits per heavy atom. The van der Waals surface area contributed by atoms with Gasteiger partial charge in [-0.25, -0.2) is 0 Å². The van der Waals surface area contributed by atoms with E-state index >= 15 is 0 Å². The molecule has 1 aliphatic rings. The summed E-state index contributed by atoms with van der Waals surface area (Å²) in [6.45, 7) is 6.49. The molecule has 0 radical (unpaired) electrons. The lowest BCUT2D eigenvalue weighted by molar-refractivity contribution is -0.134. The van der Waals surface area contributed by atoms with Gasteiger partial charge in [0.2, 0.25) is 5.91 Å². The van der Waals surface area contributed by atoms with E-state index in [1.165, 1.54) is 0 Å². The fourth-order valence-electron chi connectivity index (χ4n) is 2.07. The van der Waals surface area contributed by atoms with E-state index < -0.39 is 0 Å². The standard InChI is InChI=1S/C12H20N4O/c1-12(2)4-7-15(8-5-12)11(17)9-16-6-3-10(13)14-16/h3,6H,4-5,7-9H2,1-2H3,(H2,13,14). The molecule has 94 valence electrons. The second-order valence-corrected chi connectivity index (χ2v) is 5.48. The quantitative estimate of drug-likeness (QED) is 0.836. The Bertz CT molecular complexity index is 400. The minimum absolute atomic E-state index is 0.128. The van der Waals surface area contributed by atoms with Crippen molar-refractivity contribution in [2.75, 3.05) is 18.8 Å². The summed E-state index contributed by atoms with van der Waals surface area (Å²) >= 11 is 0. The third-order valence-corrected chi connectivity index (χ3v) is 3.43. The molecule has 0 saturated carbocycles. The SMILES string of the molecule is CC1(C)CCN(C(=O)Cn2ccc(N)n2)CC1. The zero-order valence-electron chi connectivity index (χ0n) is 10.5. The van der Waals surface area contributed by atoms with Crippen LogP contribution >= 0.6 is 0 Å². The summed E-state index contributed by atoms with van der Waals surface area (Å²) in [7, 11) is 0. The predicted molar refractivity (Wildman–Crippen MR) is 66.2 cm³/mol. The third-order valence-electron chi connectivity index (χ3n) is 3.43. The van der Waals surface area contributed by atoms with Crippen molar-refractivity contribution >= 4 is 11.7 Å². The van der Waals surface area contributed by atoms with Crippen molar-refractivity contribution < 1.29 is 4.79 Å². The monoisotopic (exact) mass is 236 g/mol. The lowest BCUT2D eigenvalue weighted by Crippen LogP contribution is -2.42. The zero-order valence-corrected chi connectivity index (χ0v) is 10.5. The molecule has 0 aliphatic carbocycles. The number of rotatable bonds is 2. The normalized spacial score (nSPS) is 19.3. The molecule has 0 aromatic carbocycles. The number of hydrogen-bond donors (Lipinski definition) is 1. The van der Waals surface area contributed by atoms with Crippen LogP contribution in [0.2, 0.25) is 0 Å². The van der Waals surface area contributed by atoms with Crippen LogP contribution in [0.5, 0.6) is 0 Å². The van der Waals surface area contributed by atoms with Crippen molar-refractivity contribution in [2.24, 2.45) is 5.41 Å². The molecule has 1 fully saturated rings. The highest BCUT2D eigenvalue weighted by Gasteiger charge is 2.27. The highest BCUT2D eigenvalue weighted by Crippen LogP contribution is 2.29. The van der Waals surface area contributed by atoms with Crippen LogP contribution in [0.25, 0.3) is 0 Å². The maximum absolute atomic E-state index is 12.0. The van der Waals surface area contributed by atoms with E-state index in [1.54, 1.807) is 16.9 Å². The summed E-state index contributed by atoms with van der Waals surface area (Å²) in [6, 6.07) is 1.70. The molecule has 5 heteroatoms. The van der Waals surface area contributed by atoms with Crippen molar-refractivity contribution in [2.45, 2.75) is 33.2 Å². The smallest absolute Gasteiger partial charge is 0.244 e. The first-order valence-corrected chi connectivity index (χ1v) is 6.03. The van der Waals surface area contributed by atoms with Crippen molar-refractivity contribution in [3.63, 3.8) is 0 Å². The molecule has 2 N–H and O–H groups in total. The Hall–Kier alpha value is -1.52. The van der Waals surface area contributed by atoms with E-state index in [1.807, 2.05) is 4.90 Å². The molecular weight excluding hydrogens is 216 g/mol. The number of anilines is 1. The fraction of sp³-hybridized carbons (Fsp3) is 0.667. The minimum Gasteiger partial charge on any atom is -0.382 e. The van der Waals surface area contributed by atoms with E-state index in [9.17, 15) is 4.79 Å². The van der Waals surface area contributed by atoms with Crippen LogP contribution in [0.15, 0.2) is 12.3 Å². The maximum atomic E-state index is 12.0. The Labute approximate surface area is 102 Å². The first kappa shape index (κ1) is 12.0. The highest BCUT2D eigenvalue weighted by atomic mass is 16.2. The van der Waals surface area contributed by atoms with E-state index in [4.69, 9.17) is 5.73 Å². The maximum Gasteiger partial charge on any atom is 0.244 e. The van der Waals surface area contributed by atoms with E-state index in [0.29, 0.717) is 11.2 Å². The van der Waals surface area contributed by atoms with Crippen molar-refractivity contribution in [1.82, 2.24) is 14.7 Å². The number of nitrogen functional groups attached to an aromatic ring is 1. The average molecular weight is 236 g/mol. The highest BCUT2D eigenvalue weighted by molar-refractivity contribution is 5.76. The van der Waals surface area contributed by atoms with Gasteiger partial charge in [0, 0.05) is 19.3 Å². The summed E-state index contributed by atoms with van der Waals surface area (Å²) in [5, 5.41) is 4.02. The number of piperidine rings is 1. The number of aromatic nitrogens is 2. The molecule has 0 bridgehead atoms. The van der Waals surface area contributed by atoms with Gasteiger partial charge in [-0.05, 0) is 24.3 Å². The molecule has 1 aromatic rings. The van der Waals surface area contributed by atoms with Crippen LogP contribution in [-0.4, -0.2) is 33.7 Å². The van der Waals surface area contributed by atoms with Crippen molar-refractivity contribution in [3.05, 3.63) is 12.3 Å². The molecule has 1 aromatic heterocycles. The first-order valence-electron chi connectivity index (χ1n) is 6.03. The van der Waals surface area contributed by atoms with Crippen molar-refractivity contribution in [1.29, 1.82) is 0 Å². The molecule has 1 aliphatic heterocycles. The summed E-state index contributed by atoms with van der Waals surface area (Å²) < 4.78 is 1.59. The zero-order chi connectivity index (χ0) is 12.5. The first-order chi connectivity index (χ1) is 7.96. The van der Waals surface area contributed by atoms with Gasteiger partial charge < -0.3 is 10.6 Å². The number of carbonyl (C=O) groups excluding carboxylic acids is 1. The summed E-state index contributed by atoms with van der Waals surface area (Å²) in [5.41, 5.74) is 5.88. The van der Waals surface area contributed by atoms with Crippen LogP contribution in [0.4, 0.5) is 5.82 Å². The Morgan fingerprint density at radius 1 is 1.47 bits per heavy atom. The Kier molecular flexibility index (Phi) is 3.09. The van der Waals surface area contributed by atoms with Gasteiger partial charge in [-0.3, -0.25) is 9.48 Å². The summed E-state index contributed by atoms with van der Waals surface area (Å²) in [5.74, 6) is 0.584. The number of nitrogens with two attached hydrogens (primary N) is 1. The summed E-state index contributed by atoms with van der Waals surface area (Å²) in [6.07, 6.45) is 3.88. The van der Waals surface area contributed by atoms with Gasteiger partial charge in [-0.1, -0.05) is 13.8 Å². The number of amides is 1. The fourth-order valence-corrected chi connectivity index (χ4v) is 2.07. The van der Waals surface area contributed by atoms with Crippen molar-refractivity contribution in [3.8, 4) is 0 Å². The molecule has 2 rings (SSSR count). The molecule has 2 heterocycles. The van der Waals surface area contributed by atoms with E-state index in [2.05, 4.69) is 18.9 Å². The Morgan fingerprint density at radius 2 is 2.12 bits per heavy atom. The van der Waals surface area contributed by atoms with Gasteiger partial charge in [0.25, 0.3) is 0 Å². The van der Waals surface area contributed by atoms with Crippen LogP contribution < -0.4 is 5.73 Å². The second-order valence-electron chi connectivity index (χ2n) is 5.48. The van der Waals surface area contributed by atoms with Gasteiger partial charge in [-0.15, -0.1) is 0 Å². The predicted octanol–water partition coefficient (Wildman–Crippen LogP) is 1.11. The molecule has 17 heavy (non-hydrogen) atoms. The average Bonchev–Trinajstić information content (AvgIpc) is 2.63. The lowest BCUT2D eigenvalue weighted by Gasteiger charge is -2.36. The lowest BCUT2D eigenvalue weighted by atomic mass is 9.83. The summed E-state index contributed by atoms with van der Waals surface area (Å²) in [4.78, 5) is 13.9. The van der Waals surface area contributed by atoms with Crippen LogP contribution in [0.1, 0.15) is 26.7 Å². The largest absolute Gasteiger partial charge is 0.382 e.